The van der Waals surface area contributed by atoms with Gasteiger partial charge in [-0.15, -0.1) is 11.3 Å². The number of thiophene rings is 1. The normalized spacial score (nSPS) is 10.8. The Balaban J connectivity index is 2.07. The molecular formula is C22H20O3S. The molecule has 4 heteroatoms. The molecule has 0 saturated heterocycles. The molecule has 3 rings (SSSR count). The van der Waals surface area contributed by atoms with Crippen molar-refractivity contribution < 1.29 is 14.7 Å². The molecule has 0 radical (unpaired) electrons. The van der Waals surface area contributed by atoms with Gasteiger partial charge < -0.3 is 5.11 Å². The molecule has 0 saturated carbocycles. The Morgan fingerprint density at radius 2 is 1.42 bits per heavy atom. The van der Waals surface area contributed by atoms with Crippen molar-refractivity contribution >= 4 is 23.6 Å². The van der Waals surface area contributed by atoms with Crippen LogP contribution in [0, 0.1) is 27.7 Å². The molecule has 0 aliphatic heterocycles. The van der Waals surface area contributed by atoms with E-state index in [0.717, 1.165) is 49.4 Å². The van der Waals surface area contributed by atoms with Gasteiger partial charge in [-0.25, -0.2) is 4.79 Å². The molecule has 26 heavy (non-hydrogen) atoms. The van der Waals surface area contributed by atoms with Gasteiger partial charge in [-0.2, -0.15) is 0 Å². The SMILES string of the molecule is Cc1cc(-c2ccc(-c3c(C)cc(C=O)cc3C)s2)cc(C)c1C(=O)O. The van der Waals surface area contributed by atoms with E-state index < -0.39 is 5.97 Å². The van der Waals surface area contributed by atoms with E-state index in [1.165, 1.54) is 0 Å². The highest BCUT2D eigenvalue weighted by molar-refractivity contribution is 7.18. The molecule has 0 aliphatic rings. The molecule has 2 aromatic carbocycles. The van der Waals surface area contributed by atoms with E-state index in [2.05, 4.69) is 12.1 Å². The summed E-state index contributed by atoms with van der Waals surface area (Å²) in [6, 6.07) is 11.8. The van der Waals surface area contributed by atoms with Crippen LogP contribution in [-0.4, -0.2) is 17.4 Å². The zero-order valence-corrected chi connectivity index (χ0v) is 16.0. The maximum atomic E-state index is 11.4. The average molecular weight is 364 g/mol. The highest BCUT2D eigenvalue weighted by Gasteiger charge is 2.15. The van der Waals surface area contributed by atoms with Crippen molar-refractivity contribution in [3.63, 3.8) is 0 Å². The third-order valence-corrected chi connectivity index (χ3v) is 5.73. The fourth-order valence-electron chi connectivity index (χ4n) is 3.52. The largest absolute Gasteiger partial charge is 0.478 e. The summed E-state index contributed by atoms with van der Waals surface area (Å²) in [6.07, 6.45) is 0.874. The first kappa shape index (κ1) is 18.1. The molecule has 0 spiro atoms. The van der Waals surface area contributed by atoms with E-state index in [1.54, 1.807) is 11.3 Å². The molecule has 3 aromatic rings. The summed E-state index contributed by atoms with van der Waals surface area (Å²) >= 11 is 1.68. The van der Waals surface area contributed by atoms with Crippen LogP contribution in [0.2, 0.25) is 0 Å². The lowest BCUT2D eigenvalue weighted by molar-refractivity contribution is 0.0695. The molecule has 0 fully saturated rings. The Bertz CT molecular complexity index is 982. The zero-order chi connectivity index (χ0) is 19.0. The number of rotatable bonds is 4. The quantitative estimate of drug-likeness (QED) is 0.593. The highest BCUT2D eigenvalue weighted by Crippen LogP contribution is 2.38. The van der Waals surface area contributed by atoms with E-state index in [9.17, 15) is 14.7 Å². The molecule has 0 aliphatic carbocycles. The third kappa shape index (κ3) is 3.20. The van der Waals surface area contributed by atoms with Crippen LogP contribution < -0.4 is 0 Å². The number of carbonyl (C=O) groups is 2. The number of aryl methyl sites for hydroxylation is 4. The van der Waals surface area contributed by atoms with Gasteiger partial charge in [0.05, 0.1) is 5.56 Å². The molecule has 1 heterocycles. The third-order valence-electron chi connectivity index (χ3n) is 4.57. The van der Waals surface area contributed by atoms with Gasteiger partial charge in [0.2, 0.25) is 0 Å². The van der Waals surface area contributed by atoms with Crippen LogP contribution in [0.15, 0.2) is 36.4 Å². The first-order chi connectivity index (χ1) is 12.3. The number of carboxylic acid groups (broad SMARTS) is 1. The molecule has 1 N–H and O–H groups in total. The number of aldehydes is 1. The van der Waals surface area contributed by atoms with Gasteiger partial charge in [0.1, 0.15) is 6.29 Å². The van der Waals surface area contributed by atoms with Crippen molar-refractivity contribution in [2.45, 2.75) is 27.7 Å². The summed E-state index contributed by atoms with van der Waals surface area (Å²) in [5.74, 6) is -0.889. The number of carbonyl (C=O) groups excluding carboxylic acids is 1. The van der Waals surface area contributed by atoms with Gasteiger partial charge in [-0.1, -0.05) is 0 Å². The fraction of sp³-hybridized carbons (Fsp3) is 0.182. The second kappa shape index (κ2) is 6.89. The van der Waals surface area contributed by atoms with Gasteiger partial charge in [0.25, 0.3) is 0 Å². The van der Waals surface area contributed by atoms with Gasteiger partial charge in [-0.05, 0) is 97.5 Å². The van der Waals surface area contributed by atoms with Crippen molar-refractivity contribution in [1.82, 2.24) is 0 Å². The topological polar surface area (TPSA) is 54.4 Å². The summed E-state index contributed by atoms with van der Waals surface area (Å²) in [6.45, 7) is 7.71. The number of benzene rings is 2. The molecule has 0 unspecified atom stereocenters. The zero-order valence-electron chi connectivity index (χ0n) is 15.2. The monoisotopic (exact) mass is 364 g/mol. The standard InChI is InChI=1S/C22H20O3S/c1-12-7-16(11-23)8-13(2)20(12)19-6-5-18(26-19)17-9-14(3)21(22(24)25)15(4)10-17/h5-11H,1-4H3,(H,24,25). The van der Waals surface area contributed by atoms with Crippen molar-refractivity contribution in [1.29, 1.82) is 0 Å². The van der Waals surface area contributed by atoms with Gasteiger partial charge in [-0.3, -0.25) is 4.79 Å². The predicted octanol–water partition coefficient (Wildman–Crippen LogP) is 5.83. The highest BCUT2D eigenvalue weighted by atomic mass is 32.1. The summed E-state index contributed by atoms with van der Waals surface area (Å²) in [4.78, 5) is 24.7. The lowest BCUT2D eigenvalue weighted by Crippen LogP contribution is -2.03. The minimum absolute atomic E-state index is 0.377. The summed E-state index contributed by atoms with van der Waals surface area (Å²) in [5, 5.41) is 9.34. The second-order valence-electron chi connectivity index (χ2n) is 6.60. The molecule has 3 nitrogen and oxygen atoms in total. The molecule has 0 bridgehead atoms. The van der Waals surface area contributed by atoms with E-state index in [0.29, 0.717) is 11.1 Å². The maximum absolute atomic E-state index is 11.4. The number of aromatic carboxylic acids is 1. The van der Waals surface area contributed by atoms with Crippen LogP contribution in [0.4, 0.5) is 0 Å². The van der Waals surface area contributed by atoms with Crippen LogP contribution in [0.25, 0.3) is 20.9 Å². The molecule has 132 valence electrons. The van der Waals surface area contributed by atoms with Crippen LogP contribution in [0.1, 0.15) is 43.0 Å². The van der Waals surface area contributed by atoms with E-state index in [4.69, 9.17) is 0 Å². The Morgan fingerprint density at radius 3 is 1.92 bits per heavy atom. The van der Waals surface area contributed by atoms with Crippen LogP contribution in [-0.2, 0) is 0 Å². The van der Waals surface area contributed by atoms with E-state index in [1.807, 2.05) is 52.0 Å². The molecular weight excluding hydrogens is 344 g/mol. The van der Waals surface area contributed by atoms with Gasteiger partial charge in [0, 0.05) is 15.3 Å². The van der Waals surface area contributed by atoms with Crippen molar-refractivity contribution in [3.8, 4) is 20.9 Å². The number of hydrogen-bond acceptors (Lipinski definition) is 3. The van der Waals surface area contributed by atoms with Crippen molar-refractivity contribution in [3.05, 3.63) is 69.8 Å². The first-order valence-electron chi connectivity index (χ1n) is 8.33. The maximum Gasteiger partial charge on any atom is 0.336 e. The Labute approximate surface area is 156 Å². The predicted molar refractivity (Wildman–Crippen MR) is 106 cm³/mol. The minimum Gasteiger partial charge on any atom is -0.478 e. The Morgan fingerprint density at radius 1 is 0.885 bits per heavy atom. The first-order valence-corrected chi connectivity index (χ1v) is 9.15. The van der Waals surface area contributed by atoms with Crippen LogP contribution in [0.3, 0.4) is 0 Å². The van der Waals surface area contributed by atoms with E-state index in [-0.39, 0.29) is 0 Å². The molecule has 0 amide bonds. The summed E-state index contributed by atoms with van der Waals surface area (Å²) in [5.41, 5.74) is 6.94. The van der Waals surface area contributed by atoms with Crippen LogP contribution in [0.5, 0.6) is 0 Å². The van der Waals surface area contributed by atoms with E-state index >= 15 is 0 Å². The molecule has 0 atom stereocenters. The molecule has 1 aromatic heterocycles. The minimum atomic E-state index is -0.889. The smallest absolute Gasteiger partial charge is 0.336 e. The second-order valence-corrected chi connectivity index (χ2v) is 7.69. The van der Waals surface area contributed by atoms with Gasteiger partial charge in [0.15, 0.2) is 0 Å². The summed E-state index contributed by atoms with van der Waals surface area (Å²) in [7, 11) is 0. The Hall–Kier alpha value is -2.72. The fourth-order valence-corrected chi connectivity index (χ4v) is 4.69. The lowest BCUT2D eigenvalue weighted by Gasteiger charge is -2.10. The summed E-state index contributed by atoms with van der Waals surface area (Å²) < 4.78 is 0. The number of hydrogen-bond donors (Lipinski definition) is 1. The Kier molecular flexibility index (Phi) is 4.79. The van der Waals surface area contributed by atoms with Gasteiger partial charge >= 0.3 is 5.97 Å². The van der Waals surface area contributed by atoms with Crippen molar-refractivity contribution in [2.24, 2.45) is 0 Å². The number of carboxylic acids is 1. The van der Waals surface area contributed by atoms with Crippen molar-refractivity contribution in [2.75, 3.05) is 0 Å². The lowest BCUT2D eigenvalue weighted by atomic mass is 9.98. The van der Waals surface area contributed by atoms with Crippen LogP contribution >= 0.6 is 11.3 Å². The average Bonchev–Trinajstić information content (AvgIpc) is 3.02.